The number of furan rings is 1. The molecule has 8 heteroatoms. The monoisotopic (exact) mass is 411 g/mol. The summed E-state index contributed by atoms with van der Waals surface area (Å²) in [6, 6.07) is 17.2. The molecule has 3 aromatic rings. The largest absolute Gasteiger partial charge is 0.497 e. The number of para-hydroxylation sites is 1. The van der Waals surface area contributed by atoms with Crippen molar-refractivity contribution in [2.75, 3.05) is 26.1 Å². The van der Waals surface area contributed by atoms with E-state index in [1.807, 2.05) is 30.3 Å². The van der Waals surface area contributed by atoms with Crippen molar-refractivity contribution in [3.05, 3.63) is 72.2 Å². The average molecular weight is 411 g/mol. The smallest absolute Gasteiger partial charge is 0.374 e. The lowest BCUT2D eigenvalue weighted by molar-refractivity contribution is -0.119. The van der Waals surface area contributed by atoms with Crippen molar-refractivity contribution in [2.45, 2.75) is 6.61 Å². The Labute approximate surface area is 173 Å². The lowest BCUT2D eigenvalue weighted by Crippen LogP contribution is -2.21. The highest BCUT2D eigenvalue weighted by atomic mass is 16.6. The molecule has 1 aromatic heterocycles. The molecule has 0 atom stereocenters. The van der Waals surface area contributed by atoms with E-state index in [1.165, 1.54) is 20.3 Å². The third-order valence-corrected chi connectivity index (χ3v) is 4.00. The molecular weight excluding hydrogens is 390 g/mol. The van der Waals surface area contributed by atoms with Crippen LogP contribution < -0.4 is 19.5 Å². The molecule has 0 fully saturated rings. The van der Waals surface area contributed by atoms with Crippen molar-refractivity contribution >= 4 is 17.6 Å². The minimum absolute atomic E-state index is 0.0171. The summed E-state index contributed by atoms with van der Waals surface area (Å²) in [6.45, 7) is -0.320. The third kappa shape index (κ3) is 5.54. The maximum Gasteiger partial charge on any atom is 0.374 e. The van der Waals surface area contributed by atoms with Crippen molar-refractivity contribution in [1.82, 2.24) is 0 Å². The molecule has 1 amide bonds. The summed E-state index contributed by atoms with van der Waals surface area (Å²) in [5.74, 6) is 0.853. The molecular formula is C22H21NO7. The number of ether oxygens (including phenoxy) is 4. The van der Waals surface area contributed by atoms with Crippen LogP contribution >= 0.6 is 0 Å². The highest BCUT2D eigenvalue weighted by Crippen LogP contribution is 2.28. The first-order valence-electron chi connectivity index (χ1n) is 9.04. The highest BCUT2D eigenvalue weighted by molar-refractivity contribution is 5.95. The maximum absolute atomic E-state index is 12.1. The van der Waals surface area contributed by atoms with Gasteiger partial charge in [-0.1, -0.05) is 18.2 Å². The molecule has 0 saturated heterocycles. The average Bonchev–Trinajstić information content (AvgIpc) is 3.26. The Hall–Kier alpha value is -3.94. The Morgan fingerprint density at radius 2 is 1.73 bits per heavy atom. The lowest BCUT2D eigenvalue weighted by atomic mass is 10.2. The molecule has 2 aromatic carbocycles. The van der Waals surface area contributed by atoms with Crippen molar-refractivity contribution in [3.8, 4) is 17.2 Å². The van der Waals surface area contributed by atoms with Crippen molar-refractivity contribution < 1.29 is 33.0 Å². The predicted octanol–water partition coefficient (Wildman–Crippen LogP) is 3.67. The molecule has 1 N–H and O–H groups in total. The molecule has 0 radical (unpaired) electrons. The van der Waals surface area contributed by atoms with E-state index in [4.69, 9.17) is 23.4 Å². The number of methoxy groups -OCH3 is 2. The zero-order valence-corrected chi connectivity index (χ0v) is 16.5. The fourth-order valence-electron chi connectivity index (χ4n) is 2.53. The summed E-state index contributed by atoms with van der Waals surface area (Å²) < 4.78 is 26.3. The van der Waals surface area contributed by atoms with Gasteiger partial charge >= 0.3 is 5.97 Å². The molecule has 1 heterocycles. The van der Waals surface area contributed by atoms with Gasteiger partial charge in [0.15, 0.2) is 6.61 Å². The molecule has 0 aliphatic heterocycles. The summed E-state index contributed by atoms with van der Waals surface area (Å²) in [5.41, 5.74) is 0.428. The number of hydrogen-bond acceptors (Lipinski definition) is 7. The summed E-state index contributed by atoms with van der Waals surface area (Å²) >= 11 is 0. The highest BCUT2D eigenvalue weighted by Gasteiger charge is 2.16. The minimum Gasteiger partial charge on any atom is -0.497 e. The molecule has 156 valence electrons. The van der Waals surface area contributed by atoms with Crippen LogP contribution in [0.5, 0.6) is 17.2 Å². The van der Waals surface area contributed by atoms with E-state index in [9.17, 15) is 9.59 Å². The third-order valence-electron chi connectivity index (χ3n) is 4.00. The summed E-state index contributed by atoms with van der Waals surface area (Å²) in [4.78, 5) is 24.2. The van der Waals surface area contributed by atoms with E-state index >= 15 is 0 Å². The number of carbonyl (C=O) groups is 2. The summed E-state index contributed by atoms with van der Waals surface area (Å²) in [6.07, 6.45) is 0. The van der Waals surface area contributed by atoms with Crippen LogP contribution in [0, 0.1) is 0 Å². The van der Waals surface area contributed by atoms with Crippen LogP contribution in [-0.4, -0.2) is 32.7 Å². The standard InChI is InChI=1S/C22H21NO7/c1-26-16-8-10-18(20(12-16)27-2)23-21(24)14-29-22(25)19-11-9-17(30-19)13-28-15-6-4-3-5-7-15/h3-12H,13-14H2,1-2H3,(H,23,24). The summed E-state index contributed by atoms with van der Waals surface area (Å²) in [5, 5.41) is 2.62. The number of nitrogens with one attached hydrogen (secondary N) is 1. The molecule has 30 heavy (non-hydrogen) atoms. The number of amides is 1. The van der Waals surface area contributed by atoms with Gasteiger partial charge in [-0.25, -0.2) is 4.79 Å². The van der Waals surface area contributed by atoms with E-state index < -0.39 is 18.5 Å². The van der Waals surface area contributed by atoms with E-state index in [-0.39, 0.29) is 12.4 Å². The molecule has 0 aliphatic rings. The normalized spacial score (nSPS) is 10.2. The van der Waals surface area contributed by atoms with Gasteiger partial charge in [0.25, 0.3) is 5.91 Å². The zero-order chi connectivity index (χ0) is 21.3. The van der Waals surface area contributed by atoms with Crippen molar-refractivity contribution in [2.24, 2.45) is 0 Å². The predicted molar refractivity (Wildman–Crippen MR) is 108 cm³/mol. The lowest BCUT2D eigenvalue weighted by Gasteiger charge is -2.11. The molecule has 3 rings (SSSR count). The maximum atomic E-state index is 12.1. The fourth-order valence-corrected chi connectivity index (χ4v) is 2.53. The van der Waals surface area contributed by atoms with Crippen LogP contribution in [0.4, 0.5) is 5.69 Å². The van der Waals surface area contributed by atoms with Crippen LogP contribution in [0.3, 0.4) is 0 Å². The van der Waals surface area contributed by atoms with Gasteiger partial charge in [-0.2, -0.15) is 0 Å². The van der Waals surface area contributed by atoms with Gasteiger partial charge in [0.2, 0.25) is 5.76 Å². The van der Waals surface area contributed by atoms with Crippen LogP contribution in [0.2, 0.25) is 0 Å². The second-order valence-electron chi connectivity index (χ2n) is 6.06. The first-order chi connectivity index (χ1) is 14.6. The Kier molecular flexibility index (Phi) is 6.94. The van der Waals surface area contributed by atoms with Crippen LogP contribution in [0.25, 0.3) is 0 Å². The Morgan fingerprint density at radius 1 is 0.933 bits per heavy atom. The van der Waals surface area contributed by atoms with Crippen molar-refractivity contribution in [3.63, 3.8) is 0 Å². The van der Waals surface area contributed by atoms with Crippen molar-refractivity contribution in [1.29, 1.82) is 0 Å². The Morgan fingerprint density at radius 3 is 2.47 bits per heavy atom. The van der Waals surface area contributed by atoms with Gasteiger partial charge in [-0.15, -0.1) is 0 Å². The Bertz CT molecular complexity index is 998. The van der Waals surface area contributed by atoms with Gasteiger partial charge in [-0.05, 0) is 36.4 Å². The molecule has 0 spiro atoms. The summed E-state index contributed by atoms with van der Waals surface area (Å²) in [7, 11) is 3.00. The van der Waals surface area contributed by atoms with Gasteiger partial charge in [-0.3, -0.25) is 4.79 Å². The van der Waals surface area contributed by atoms with Gasteiger partial charge in [0.05, 0.1) is 19.9 Å². The van der Waals surface area contributed by atoms with Crippen LogP contribution in [-0.2, 0) is 16.1 Å². The molecule has 0 saturated carbocycles. The number of esters is 1. The number of carbonyl (C=O) groups excluding carboxylic acids is 2. The number of rotatable bonds is 9. The van der Waals surface area contributed by atoms with Gasteiger partial charge < -0.3 is 28.7 Å². The molecule has 8 nitrogen and oxygen atoms in total. The second-order valence-corrected chi connectivity index (χ2v) is 6.06. The molecule has 0 unspecified atom stereocenters. The van der Waals surface area contributed by atoms with Gasteiger partial charge in [0.1, 0.15) is 29.6 Å². The molecule has 0 aliphatic carbocycles. The van der Waals surface area contributed by atoms with E-state index in [2.05, 4.69) is 5.32 Å². The Balaban J connectivity index is 1.49. The van der Waals surface area contributed by atoms with E-state index in [0.29, 0.717) is 28.7 Å². The topological polar surface area (TPSA) is 96.2 Å². The first kappa shape index (κ1) is 20.8. The number of hydrogen-bond donors (Lipinski definition) is 1. The van der Waals surface area contributed by atoms with Crippen LogP contribution in [0.15, 0.2) is 65.1 Å². The fraction of sp³-hybridized carbons (Fsp3) is 0.182. The van der Waals surface area contributed by atoms with Crippen LogP contribution in [0.1, 0.15) is 16.3 Å². The van der Waals surface area contributed by atoms with Gasteiger partial charge in [0, 0.05) is 6.07 Å². The SMILES string of the molecule is COc1ccc(NC(=O)COC(=O)c2ccc(COc3ccccc3)o2)c(OC)c1. The minimum atomic E-state index is -0.752. The van der Waals surface area contributed by atoms with E-state index in [0.717, 1.165) is 0 Å². The number of benzene rings is 2. The number of anilines is 1. The quantitative estimate of drug-likeness (QED) is 0.537. The zero-order valence-electron chi connectivity index (χ0n) is 16.5. The first-order valence-corrected chi connectivity index (χ1v) is 9.04. The molecule has 0 bridgehead atoms. The second kappa shape index (κ2) is 10.0. The van der Waals surface area contributed by atoms with E-state index in [1.54, 1.807) is 24.3 Å².